The number of likely N-dealkylation sites (tertiary alicyclic amines) is 1. The Morgan fingerprint density at radius 3 is 2.26 bits per heavy atom. The number of ether oxygens (including phenoxy) is 2. The lowest BCUT2D eigenvalue weighted by Crippen LogP contribution is -2.53. The van der Waals surface area contributed by atoms with E-state index in [2.05, 4.69) is 29.4 Å². The van der Waals surface area contributed by atoms with Gasteiger partial charge in [0.25, 0.3) is 0 Å². The van der Waals surface area contributed by atoms with E-state index in [1.807, 2.05) is 31.2 Å². The van der Waals surface area contributed by atoms with Crippen LogP contribution in [-0.4, -0.2) is 78.3 Å². The average Bonchev–Trinajstić information content (AvgIpc) is 3.63. The molecule has 0 radical (unpaired) electrons. The molecule has 3 saturated heterocycles. The molecule has 1 spiro atoms. The van der Waals surface area contributed by atoms with E-state index in [0.717, 1.165) is 18.8 Å². The van der Waals surface area contributed by atoms with Gasteiger partial charge in [0.15, 0.2) is 0 Å². The second-order valence-electron chi connectivity index (χ2n) is 11.2. The third-order valence-corrected chi connectivity index (χ3v) is 8.85. The van der Waals surface area contributed by atoms with Crippen molar-refractivity contribution in [1.29, 1.82) is 0 Å². The maximum Gasteiger partial charge on any atom is 0.250 e. The standard InChI is InChI=1S/C32H42N4O6/c1-4-35(5-2)23-13-9-21(10-14-23)34-30(39)28-32-18-17-25(42-32)26(27(32)31(40)36(28)19-7-8-20-37)29(38)33-22-11-15-24(16-12-22)41-6-3/h9-16,25-28,37H,4-8,17-20H2,1-3H3,(H,33,38)(H,34,39)/t25-,26+,27-,28?,32?/m0/s1. The Kier molecular flexibility index (Phi) is 9.03. The summed E-state index contributed by atoms with van der Waals surface area (Å²) < 4.78 is 12.0. The molecular formula is C32H42N4O6. The molecule has 3 amide bonds. The van der Waals surface area contributed by atoms with Gasteiger partial charge in [-0.3, -0.25) is 14.4 Å². The number of rotatable bonds is 13. The summed E-state index contributed by atoms with van der Waals surface area (Å²) in [6, 6.07) is 13.9. The van der Waals surface area contributed by atoms with Crippen LogP contribution in [0.15, 0.2) is 48.5 Å². The average molecular weight is 579 g/mol. The molecule has 2 aromatic rings. The van der Waals surface area contributed by atoms with Crippen LogP contribution in [0.1, 0.15) is 46.5 Å². The van der Waals surface area contributed by atoms with Gasteiger partial charge in [0.2, 0.25) is 17.7 Å². The minimum atomic E-state index is -1.08. The number of aliphatic hydroxyl groups is 1. The number of fused-ring (bicyclic) bond motifs is 1. The number of amides is 3. The second-order valence-corrected chi connectivity index (χ2v) is 11.2. The van der Waals surface area contributed by atoms with Crippen LogP contribution in [0.2, 0.25) is 0 Å². The molecule has 0 aromatic heterocycles. The number of carbonyl (C=O) groups excluding carboxylic acids is 3. The van der Waals surface area contributed by atoms with E-state index in [-0.39, 0.29) is 24.3 Å². The van der Waals surface area contributed by atoms with Crippen molar-refractivity contribution in [2.75, 3.05) is 48.4 Å². The monoisotopic (exact) mass is 578 g/mol. The third kappa shape index (κ3) is 5.45. The molecule has 3 heterocycles. The number of anilines is 3. The van der Waals surface area contributed by atoms with Gasteiger partial charge in [-0.2, -0.15) is 0 Å². The van der Waals surface area contributed by atoms with Crippen molar-refractivity contribution >= 4 is 34.8 Å². The highest BCUT2D eigenvalue weighted by Gasteiger charge is 2.74. The van der Waals surface area contributed by atoms with Crippen LogP contribution in [0, 0.1) is 11.8 Å². The Balaban J connectivity index is 1.38. The molecule has 3 aliphatic heterocycles. The molecule has 3 aliphatic rings. The Morgan fingerprint density at radius 1 is 1.00 bits per heavy atom. The normalized spacial score (nSPS) is 25.8. The first kappa shape index (κ1) is 29.8. The topological polar surface area (TPSA) is 120 Å². The number of hydrogen-bond donors (Lipinski definition) is 3. The van der Waals surface area contributed by atoms with Crippen LogP contribution in [0.4, 0.5) is 17.1 Å². The molecule has 226 valence electrons. The zero-order valence-corrected chi connectivity index (χ0v) is 24.7. The largest absolute Gasteiger partial charge is 0.494 e. The van der Waals surface area contributed by atoms with Gasteiger partial charge in [0.1, 0.15) is 17.4 Å². The van der Waals surface area contributed by atoms with Crippen molar-refractivity contribution in [3.05, 3.63) is 48.5 Å². The molecule has 10 nitrogen and oxygen atoms in total. The highest BCUT2D eigenvalue weighted by molar-refractivity contribution is 6.05. The predicted molar refractivity (Wildman–Crippen MR) is 161 cm³/mol. The van der Waals surface area contributed by atoms with Crippen LogP contribution in [0.25, 0.3) is 0 Å². The Hall–Kier alpha value is -3.63. The number of unbranched alkanes of at least 4 members (excludes halogenated alkanes) is 1. The number of nitrogens with zero attached hydrogens (tertiary/aromatic N) is 2. The zero-order valence-electron chi connectivity index (χ0n) is 24.7. The van der Waals surface area contributed by atoms with Crippen molar-refractivity contribution in [3.63, 3.8) is 0 Å². The van der Waals surface area contributed by atoms with Crippen LogP contribution in [0.5, 0.6) is 5.75 Å². The molecule has 3 fully saturated rings. The Bertz CT molecular complexity index is 1260. The zero-order chi connectivity index (χ0) is 29.9. The summed E-state index contributed by atoms with van der Waals surface area (Å²) in [5.74, 6) is -1.60. The SMILES string of the molecule is CCOc1ccc(NC(=O)[C@@H]2[C@@H]3CCC4(O3)C(C(=O)Nc3ccc(N(CC)CC)cc3)N(CCCCO)C(=O)[C@H]24)cc1. The summed E-state index contributed by atoms with van der Waals surface area (Å²) in [6.07, 6.45) is 1.73. The molecule has 5 rings (SSSR count). The van der Waals surface area contributed by atoms with Crippen molar-refractivity contribution in [1.82, 2.24) is 4.90 Å². The van der Waals surface area contributed by atoms with Gasteiger partial charge in [-0.25, -0.2) is 0 Å². The fraction of sp³-hybridized carbons (Fsp3) is 0.531. The first-order valence-electron chi connectivity index (χ1n) is 15.2. The van der Waals surface area contributed by atoms with Crippen LogP contribution < -0.4 is 20.3 Å². The van der Waals surface area contributed by atoms with E-state index < -0.39 is 29.6 Å². The lowest BCUT2D eigenvalue weighted by molar-refractivity contribution is -0.139. The molecule has 10 heteroatoms. The molecular weight excluding hydrogens is 536 g/mol. The fourth-order valence-corrected chi connectivity index (χ4v) is 6.97. The number of aliphatic hydroxyl groups excluding tert-OH is 1. The molecule has 3 N–H and O–H groups in total. The molecule has 5 atom stereocenters. The quantitative estimate of drug-likeness (QED) is 0.310. The summed E-state index contributed by atoms with van der Waals surface area (Å²) in [5, 5.41) is 15.4. The van der Waals surface area contributed by atoms with Crippen molar-refractivity contribution < 1.29 is 29.0 Å². The number of benzene rings is 2. The van der Waals surface area contributed by atoms with E-state index in [4.69, 9.17) is 9.47 Å². The molecule has 2 aromatic carbocycles. The summed E-state index contributed by atoms with van der Waals surface area (Å²) >= 11 is 0. The highest BCUT2D eigenvalue weighted by Crippen LogP contribution is 2.58. The summed E-state index contributed by atoms with van der Waals surface area (Å²) in [5.41, 5.74) is 1.23. The van der Waals surface area contributed by atoms with Gasteiger partial charge in [-0.15, -0.1) is 0 Å². The maximum absolute atomic E-state index is 14.0. The van der Waals surface area contributed by atoms with E-state index >= 15 is 0 Å². The summed E-state index contributed by atoms with van der Waals surface area (Å²) in [4.78, 5) is 45.4. The number of hydrogen-bond acceptors (Lipinski definition) is 7. The predicted octanol–water partition coefficient (Wildman–Crippen LogP) is 3.66. The van der Waals surface area contributed by atoms with E-state index in [0.29, 0.717) is 56.0 Å². The molecule has 42 heavy (non-hydrogen) atoms. The van der Waals surface area contributed by atoms with Crippen molar-refractivity contribution in [2.45, 2.75) is 64.2 Å². The van der Waals surface area contributed by atoms with E-state index in [9.17, 15) is 19.5 Å². The van der Waals surface area contributed by atoms with E-state index in [1.165, 1.54) is 0 Å². The van der Waals surface area contributed by atoms with Gasteiger partial charge >= 0.3 is 0 Å². The smallest absolute Gasteiger partial charge is 0.250 e. The first-order chi connectivity index (χ1) is 20.4. The van der Waals surface area contributed by atoms with Gasteiger partial charge in [-0.1, -0.05) is 0 Å². The van der Waals surface area contributed by atoms with Gasteiger partial charge in [-0.05, 0) is 95.0 Å². The molecule has 0 aliphatic carbocycles. The van der Waals surface area contributed by atoms with Gasteiger partial charge in [0, 0.05) is 43.3 Å². The molecule has 2 bridgehead atoms. The van der Waals surface area contributed by atoms with Crippen molar-refractivity contribution in [3.8, 4) is 5.75 Å². The minimum Gasteiger partial charge on any atom is -0.494 e. The summed E-state index contributed by atoms with van der Waals surface area (Å²) in [6.45, 7) is 8.71. The van der Waals surface area contributed by atoms with Crippen LogP contribution >= 0.6 is 0 Å². The third-order valence-electron chi connectivity index (χ3n) is 8.85. The van der Waals surface area contributed by atoms with E-state index in [1.54, 1.807) is 29.2 Å². The summed E-state index contributed by atoms with van der Waals surface area (Å²) in [7, 11) is 0. The van der Waals surface area contributed by atoms with Gasteiger partial charge in [0.05, 0.1) is 24.5 Å². The lowest BCUT2D eigenvalue weighted by Gasteiger charge is -2.33. The number of carbonyl (C=O) groups is 3. The molecule has 0 saturated carbocycles. The highest BCUT2D eigenvalue weighted by atomic mass is 16.5. The fourth-order valence-electron chi connectivity index (χ4n) is 6.97. The van der Waals surface area contributed by atoms with Gasteiger partial charge < -0.3 is 35.0 Å². The van der Waals surface area contributed by atoms with Crippen molar-refractivity contribution in [2.24, 2.45) is 11.8 Å². The maximum atomic E-state index is 14.0. The molecule has 2 unspecified atom stereocenters. The minimum absolute atomic E-state index is 0.00194. The Morgan fingerprint density at radius 2 is 1.64 bits per heavy atom. The number of nitrogens with one attached hydrogen (secondary N) is 2. The first-order valence-corrected chi connectivity index (χ1v) is 15.2. The lowest BCUT2D eigenvalue weighted by atomic mass is 9.70. The second kappa shape index (κ2) is 12.7. The van der Waals surface area contributed by atoms with Crippen LogP contribution in [-0.2, 0) is 19.1 Å². The van der Waals surface area contributed by atoms with Crippen LogP contribution in [0.3, 0.4) is 0 Å². The Labute approximate surface area is 247 Å².